The largest absolute Gasteiger partial charge is 0.368 e. The van der Waals surface area contributed by atoms with E-state index in [1.165, 1.54) is 5.56 Å². The summed E-state index contributed by atoms with van der Waals surface area (Å²) in [6, 6.07) is 0. The third-order valence-corrected chi connectivity index (χ3v) is 6.14. The van der Waals surface area contributed by atoms with Gasteiger partial charge in [-0.2, -0.15) is 5.10 Å². The number of ether oxygens (including phenoxy) is 1. The highest BCUT2D eigenvalue weighted by Gasteiger charge is 2.42. The first-order valence-electron chi connectivity index (χ1n) is 10.4. The zero-order valence-corrected chi connectivity index (χ0v) is 17.8. The fourth-order valence-corrected chi connectivity index (χ4v) is 4.52. The Hall–Kier alpha value is -2.32. The molecule has 2 aliphatic rings. The first-order valence-corrected chi connectivity index (χ1v) is 10.4. The number of nitrogens with zero attached hydrogens (tertiary/aromatic N) is 5. The van der Waals surface area contributed by atoms with Gasteiger partial charge in [0.2, 0.25) is 5.91 Å². The smallest absolute Gasteiger partial charge is 0.238 e. The highest BCUT2D eigenvalue weighted by atomic mass is 16.5. The molecule has 0 saturated carbocycles. The number of rotatable bonds is 4. The van der Waals surface area contributed by atoms with E-state index >= 15 is 0 Å². The molecular weight excluding hydrogens is 368 g/mol. The molecule has 1 saturated heterocycles. The number of carbonyl (C=O) groups is 1. The maximum atomic E-state index is 12.7. The Labute approximate surface area is 171 Å². The highest BCUT2D eigenvalue weighted by Crippen LogP contribution is 2.40. The van der Waals surface area contributed by atoms with Crippen LogP contribution in [0.15, 0.2) is 6.20 Å². The molecule has 1 fully saturated rings. The van der Waals surface area contributed by atoms with E-state index in [9.17, 15) is 4.79 Å². The summed E-state index contributed by atoms with van der Waals surface area (Å²) < 4.78 is 8.17. The summed E-state index contributed by atoms with van der Waals surface area (Å²) in [5.41, 5.74) is 4.62. The van der Waals surface area contributed by atoms with Crippen LogP contribution in [-0.2, 0) is 28.1 Å². The van der Waals surface area contributed by atoms with Crippen molar-refractivity contribution in [2.75, 3.05) is 31.6 Å². The summed E-state index contributed by atoms with van der Waals surface area (Å²) in [7, 11) is 0. The van der Waals surface area contributed by atoms with Gasteiger partial charge in [0.05, 0.1) is 35.9 Å². The normalized spacial score (nSPS) is 18.6. The molecule has 0 aliphatic carbocycles. The number of anilines is 1. The Morgan fingerprint density at radius 3 is 2.72 bits per heavy atom. The first kappa shape index (κ1) is 20.0. The van der Waals surface area contributed by atoms with Crippen LogP contribution >= 0.6 is 0 Å². The van der Waals surface area contributed by atoms with Gasteiger partial charge in [0.1, 0.15) is 11.4 Å². The van der Waals surface area contributed by atoms with Gasteiger partial charge in [0, 0.05) is 25.8 Å². The maximum Gasteiger partial charge on any atom is 0.238 e. The van der Waals surface area contributed by atoms with E-state index in [0.717, 1.165) is 67.5 Å². The number of aromatic nitrogens is 4. The van der Waals surface area contributed by atoms with Crippen molar-refractivity contribution < 1.29 is 9.53 Å². The van der Waals surface area contributed by atoms with E-state index in [0.29, 0.717) is 13.2 Å². The summed E-state index contributed by atoms with van der Waals surface area (Å²) >= 11 is 0. The van der Waals surface area contributed by atoms with Crippen LogP contribution in [0.1, 0.15) is 48.2 Å². The summed E-state index contributed by atoms with van der Waals surface area (Å²) in [6.07, 6.45) is 4.50. The number of amides is 1. The summed E-state index contributed by atoms with van der Waals surface area (Å²) in [4.78, 5) is 23.9. The third kappa shape index (κ3) is 3.79. The molecule has 1 amide bonds. The molecule has 2 aliphatic heterocycles. The second-order valence-corrected chi connectivity index (χ2v) is 8.07. The predicted octanol–water partition coefficient (Wildman–Crippen LogP) is 2.12. The average Bonchev–Trinajstić information content (AvgIpc) is 2.98. The van der Waals surface area contributed by atoms with E-state index in [1.807, 2.05) is 38.6 Å². The lowest BCUT2D eigenvalue weighted by molar-refractivity contribution is -0.122. The fourth-order valence-electron chi connectivity index (χ4n) is 4.52. The topological polar surface area (TPSA) is 85.2 Å². The van der Waals surface area contributed by atoms with Gasteiger partial charge in [-0.05, 0) is 52.5 Å². The van der Waals surface area contributed by atoms with Gasteiger partial charge in [0.25, 0.3) is 0 Å². The molecule has 4 rings (SSSR count). The minimum absolute atomic E-state index is 0.00550. The van der Waals surface area contributed by atoms with Crippen LogP contribution in [0.4, 0.5) is 5.69 Å². The molecule has 8 nitrogen and oxygen atoms in total. The molecular formula is C21H30N6O2. The van der Waals surface area contributed by atoms with Crippen molar-refractivity contribution in [3.05, 3.63) is 34.7 Å². The summed E-state index contributed by atoms with van der Waals surface area (Å²) in [6.45, 7) is 11.4. The molecule has 2 aromatic rings. The van der Waals surface area contributed by atoms with Crippen LogP contribution in [-0.4, -0.2) is 56.8 Å². The number of hydrogen-bond donors (Lipinski definition) is 1. The van der Waals surface area contributed by atoms with Crippen LogP contribution in [0.5, 0.6) is 0 Å². The molecule has 8 heteroatoms. The third-order valence-electron chi connectivity index (χ3n) is 6.14. The molecule has 4 heterocycles. The van der Waals surface area contributed by atoms with Gasteiger partial charge in [-0.1, -0.05) is 0 Å². The predicted molar refractivity (Wildman–Crippen MR) is 110 cm³/mol. The van der Waals surface area contributed by atoms with Crippen LogP contribution in [0.3, 0.4) is 0 Å². The Morgan fingerprint density at radius 1 is 1.28 bits per heavy atom. The van der Waals surface area contributed by atoms with Gasteiger partial charge in [0.15, 0.2) is 0 Å². The zero-order chi connectivity index (χ0) is 20.6. The van der Waals surface area contributed by atoms with Gasteiger partial charge in [-0.3, -0.25) is 14.4 Å². The SMILES string of the molecule is CCn1nc(C)c(NC(=O)CN2CCC3(CC2)OCCc2cnc(C)nc23)c1C. The number of carbonyl (C=O) groups excluding carboxylic acids is 1. The second kappa shape index (κ2) is 7.84. The molecule has 1 N–H and O–H groups in total. The standard InChI is InChI=1S/C21H30N6O2/c1-5-27-15(3)19(14(2)25-27)24-18(28)13-26-9-7-21(8-10-26)20-17(6-11-29-21)12-22-16(4)23-20/h12H,5-11,13H2,1-4H3,(H,24,28). The molecule has 1 spiro atoms. The number of fused-ring (bicyclic) bond motifs is 2. The van der Waals surface area contributed by atoms with Crippen molar-refractivity contribution in [1.82, 2.24) is 24.6 Å². The maximum absolute atomic E-state index is 12.7. The van der Waals surface area contributed by atoms with Crippen LogP contribution in [0, 0.1) is 20.8 Å². The fraction of sp³-hybridized carbons (Fsp3) is 0.619. The molecule has 156 valence electrons. The zero-order valence-electron chi connectivity index (χ0n) is 17.8. The number of aryl methyl sites for hydroxylation is 3. The highest BCUT2D eigenvalue weighted by molar-refractivity contribution is 5.93. The average molecular weight is 399 g/mol. The van der Waals surface area contributed by atoms with Crippen molar-refractivity contribution in [1.29, 1.82) is 0 Å². The van der Waals surface area contributed by atoms with E-state index in [-0.39, 0.29) is 11.5 Å². The second-order valence-electron chi connectivity index (χ2n) is 8.07. The Balaban J connectivity index is 1.39. The lowest BCUT2D eigenvalue weighted by Gasteiger charge is -2.43. The van der Waals surface area contributed by atoms with Crippen LogP contribution in [0.25, 0.3) is 0 Å². The van der Waals surface area contributed by atoms with Crippen molar-refractivity contribution >= 4 is 11.6 Å². The minimum atomic E-state index is -0.330. The molecule has 0 atom stereocenters. The van der Waals surface area contributed by atoms with Crippen molar-refractivity contribution in [3.8, 4) is 0 Å². The minimum Gasteiger partial charge on any atom is -0.368 e. The molecule has 29 heavy (non-hydrogen) atoms. The number of nitrogens with one attached hydrogen (secondary N) is 1. The molecule has 0 aromatic carbocycles. The quantitative estimate of drug-likeness (QED) is 0.849. The Kier molecular flexibility index (Phi) is 5.40. The van der Waals surface area contributed by atoms with Crippen molar-refractivity contribution in [2.45, 2.75) is 59.1 Å². The van der Waals surface area contributed by atoms with E-state index in [2.05, 4.69) is 20.3 Å². The molecule has 2 aromatic heterocycles. The lowest BCUT2D eigenvalue weighted by atomic mass is 9.83. The Bertz CT molecular complexity index is 914. The van der Waals surface area contributed by atoms with Crippen LogP contribution < -0.4 is 5.32 Å². The van der Waals surface area contributed by atoms with Gasteiger partial charge < -0.3 is 10.1 Å². The number of likely N-dealkylation sites (tertiary alicyclic amines) is 1. The summed E-state index contributed by atoms with van der Waals surface area (Å²) in [5, 5.41) is 7.53. The number of piperidine rings is 1. The molecule has 0 radical (unpaired) electrons. The molecule has 0 unspecified atom stereocenters. The van der Waals surface area contributed by atoms with Crippen LogP contribution in [0.2, 0.25) is 0 Å². The van der Waals surface area contributed by atoms with Gasteiger partial charge in [-0.25, -0.2) is 9.97 Å². The van der Waals surface area contributed by atoms with Gasteiger partial charge >= 0.3 is 0 Å². The van der Waals surface area contributed by atoms with E-state index in [1.54, 1.807) is 0 Å². The first-order chi connectivity index (χ1) is 13.9. The van der Waals surface area contributed by atoms with Crippen molar-refractivity contribution in [3.63, 3.8) is 0 Å². The van der Waals surface area contributed by atoms with E-state index in [4.69, 9.17) is 9.72 Å². The summed E-state index contributed by atoms with van der Waals surface area (Å²) in [5.74, 6) is 0.791. The lowest BCUT2D eigenvalue weighted by Crippen LogP contribution is -2.48. The number of hydrogen-bond acceptors (Lipinski definition) is 6. The monoisotopic (exact) mass is 398 g/mol. The van der Waals surface area contributed by atoms with E-state index < -0.39 is 0 Å². The molecule has 0 bridgehead atoms. The van der Waals surface area contributed by atoms with Gasteiger partial charge in [-0.15, -0.1) is 0 Å². The van der Waals surface area contributed by atoms with Crippen molar-refractivity contribution in [2.24, 2.45) is 0 Å². The Morgan fingerprint density at radius 2 is 2.03 bits per heavy atom.